The lowest BCUT2D eigenvalue weighted by Crippen LogP contribution is -2.37. The number of ether oxygens (including phenoxy) is 2. The molecule has 1 saturated heterocycles. The highest BCUT2D eigenvalue weighted by Crippen LogP contribution is 1.98. The molecule has 0 spiro atoms. The highest BCUT2D eigenvalue weighted by atomic mass is 16.5. The van der Waals surface area contributed by atoms with Crippen molar-refractivity contribution in [1.29, 1.82) is 0 Å². The predicted octanol–water partition coefficient (Wildman–Crippen LogP) is -0.803. The summed E-state index contributed by atoms with van der Waals surface area (Å²) in [6.07, 6.45) is 0.709. The van der Waals surface area contributed by atoms with Crippen LogP contribution < -0.4 is 0 Å². The maximum atomic E-state index is 10.8. The zero-order valence-electron chi connectivity index (χ0n) is 12.2. The number of aliphatic carboxylic acids is 2. The molecule has 0 bridgehead atoms. The summed E-state index contributed by atoms with van der Waals surface area (Å²) in [7, 11) is 0. The van der Waals surface area contributed by atoms with Crippen molar-refractivity contribution < 1.29 is 29.3 Å². The number of carbonyl (C=O) groups is 2. The molecule has 1 heterocycles. The molecule has 21 heavy (non-hydrogen) atoms. The van der Waals surface area contributed by atoms with Gasteiger partial charge in [-0.05, 0) is 6.42 Å². The number of carboxylic acid groups (broad SMARTS) is 2. The monoisotopic (exact) mass is 304 g/mol. The maximum absolute atomic E-state index is 10.8. The third-order valence-electron chi connectivity index (χ3n) is 3.14. The first-order valence-electron chi connectivity index (χ1n) is 7.11. The lowest BCUT2D eigenvalue weighted by Gasteiger charge is -2.23. The Morgan fingerprint density at radius 1 is 0.762 bits per heavy atom. The van der Waals surface area contributed by atoms with Gasteiger partial charge in [0.25, 0.3) is 0 Å². The van der Waals surface area contributed by atoms with Crippen LogP contribution in [0.3, 0.4) is 0 Å². The first-order valence-corrected chi connectivity index (χ1v) is 7.11. The summed E-state index contributed by atoms with van der Waals surface area (Å²) >= 11 is 0. The molecular formula is C13H24N2O6. The van der Waals surface area contributed by atoms with Crippen LogP contribution in [0.15, 0.2) is 0 Å². The molecule has 122 valence electrons. The van der Waals surface area contributed by atoms with Crippen molar-refractivity contribution >= 4 is 11.9 Å². The largest absolute Gasteiger partial charge is 0.480 e. The van der Waals surface area contributed by atoms with Gasteiger partial charge in [-0.15, -0.1) is 0 Å². The minimum atomic E-state index is -0.870. The zero-order valence-corrected chi connectivity index (χ0v) is 12.2. The molecule has 0 aromatic rings. The average Bonchev–Trinajstić information content (AvgIpc) is 2.40. The lowest BCUT2D eigenvalue weighted by molar-refractivity contribution is -0.139. The molecular weight excluding hydrogens is 280 g/mol. The minimum absolute atomic E-state index is 0.0290. The maximum Gasteiger partial charge on any atom is 0.317 e. The number of nitrogens with zero attached hydrogens (tertiary/aromatic N) is 2. The van der Waals surface area contributed by atoms with Crippen LogP contribution in [0.1, 0.15) is 6.42 Å². The van der Waals surface area contributed by atoms with Crippen LogP contribution in [0.4, 0.5) is 0 Å². The second kappa shape index (κ2) is 10.5. The number of hydrogen-bond acceptors (Lipinski definition) is 6. The SMILES string of the molecule is O=C(O)CN1CCCN(CC(=O)O)CCOCCOCC1. The molecule has 0 saturated carbocycles. The van der Waals surface area contributed by atoms with E-state index in [1.54, 1.807) is 9.80 Å². The van der Waals surface area contributed by atoms with Gasteiger partial charge in [0.05, 0.1) is 39.5 Å². The fourth-order valence-corrected chi connectivity index (χ4v) is 2.15. The summed E-state index contributed by atoms with van der Waals surface area (Å²) in [5, 5.41) is 17.8. The van der Waals surface area contributed by atoms with E-state index in [0.717, 1.165) is 0 Å². The molecule has 0 radical (unpaired) electrons. The molecule has 0 atom stereocenters. The van der Waals surface area contributed by atoms with Crippen molar-refractivity contribution in [3.63, 3.8) is 0 Å². The average molecular weight is 304 g/mol. The summed E-state index contributed by atoms with van der Waals surface area (Å²) < 4.78 is 10.8. The Kier molecular flexibility index (Phi) is 8.91. The van der Waals surface area contributed by atoms with Crippen LogP contribution in [0.2, 0.25) is 0 Å². The second-order valence-corrected chi connectivity index (χ2v) is 4.92. The van der Waals surface area contributed by atoms with Crippen LogP contribution in [-0.4, -0.2) is 97.6 Å². The fourth-order valence-electron chi connectivity index (χ4n) is 2.15. The van der Waals surface area contributed by atoms with E-state index in [1.165, 1.54) is 0 Å². The summed E-state index contributed by atoms with van der Waals surface area (Å²) in [6, 6.07) is 0. The smallest absolute Gasteiger partial charge is 0.317 e. The van der Waals surface area contributed by atoms with Crippen molar-refractivity contribution in [1.82, 2.24) is 9.80 Å². The Morgan fingerprint density at radius 3 is 1.57 bits per heavy atom. The zero-order chi connectivity index (χ0) is 15.5. The summed E-state index contributed by atoms with van der Waals surface area (Å²) in [5.41, 5.74) is 0. The number of carboxylic acids is 2. The van der Waals surface area contributed by atoms with E-state index in [4.69, 9.17) is 19.7 Å². The van der Waals surface area contributed by atoms with Gasteiger partial charge in [-0.1, -0.05) is 0 Å². The Balaban J connectivity index is 2.49. The van der Waals surface area contributed by atoms with Gasteiger partial charge < -0.3 is 19.7 Å². The van der Waals surface area contributed by atoms with Gasteiger partial charge in [0, 0.05) is 26.2 Å². The minimum Gasteiger partial charge on any atom is -0.480 e. The lowest BCUT2D eigenvalue weighted by atomic mass is 10.3. The van der Waals surface area contributed by atoms with Crippen molar-refractivity contribution in [2.45, 2.75) is 6.42 Å². The fraction of sp³-hybridized carbons (Fsp3) is 0.846. The van der Waals surface area contributed by atoms with Gasteiger partial charge in [-0.25, -0.2) is 0 Å². The van der Waals surface area contributed by atoms with Crippen molar-refractivity contribution in [3.8, 4) is 0 Å². The molecule has 1 aliphatic rings. The van der Waals surface area contributed by atoms with Crippen molar-refractivity contribution in [2.75, 3.05) is 65.7 Å². The number of hydrogen-bond donors (Lipinski definition) is 2. The van der Waals surface area contributed by atoms with Gasteiger partial charge in [-0.3, -0.25) is 19.4 Å². The van der Waals surface area contributed by atoms with E-state index >= 15 is 0 Å². The number of rotatable bonds is 4. The second-order valence-electron chi connectivity index (χ2n) is 4.92. The Labute approximate surface area is 124 Å². The van der Waals surface area contributed by atoms with E-state index in [0.29, 0.717) is 59.0 Å². The molecule has 0 aliphatic carbocycles. The van der Waals surface area contributed by atoms with E-state index in [2.05, 4.69) is 0 Å². The normalized spacial score (nSPS) is 21.0. The Bertz CT molecular complexity index is 296. The van der Waals surface area contributed by atoms with Crippen molar-refractivity contribution in [2.24, 2.45) is 0 Å². The Morgan fingerprint density at radius 2 is 1.19 bits per heavy atom. The molecule has 8 nitrogen and oxygen atoms in total. The van der Waals surface area contributed by atoms with Crippen LogP contribution in [0.5, 0.6) is 0 Å². The predicted molar refractivity (Wildman–Crippen MR) is 74.4 cm³/mol. The van der Waals surface area contributed by atoms with Crippen LogP contribution >= 0.6 is 0 Å². The Hall–Kier alpha value is -1.22. The van der Waals surface area contributed by atoms with E-state index in [1.807, 2.05) is 0 Å². The third-order valence-corrected chi connectivity index (χ3v) is 3.14. The molecule has 8 heteroatoms. The van der Waals surface area contributed by atoms with Gasteiger partial charge in [0.2, 0.25) is 0 Å². The topological polar surface area (TPSA) is 99.5 Å². The van der Waals surface area contributed by atoms with Gasteiger partial charge >= 0.3 is 11.9 Å². The molecule has 1 rings (SSSR count). The quantitative estimate of drug-likeness (QED) is 0.696. The standard InChI is InChI=1S/C13H24N2O6/c16-12(17)10-14-2-1-3-15(11-13(18)19)5-7-21-9-8-20-6-4-14/h1-11H2,(H,16,17)(H,18,19). The molecule has 2 N–H and O–H groups in total. The summed E-state index contributed by atoms with van der Waals surface area (Å²) in [5.74, 6) is -1.74. The highest BCUT2D eigenvalue weighted by Gasteiger charge is 2.13. The molecule has 0 aromatic carbocycles. The van der Waals surface area contributed by atoms with Crippen LogP contribution in [-0.2, 0) is 19.1 Å². The molecule has 0 aromatic heterocycles. The summed E-state index contributed by atoms with van der Waals surface area (Å²) in [6.45, 7) is 4.10. The highest BCUT2D eigenvalue weighted by molar-refractivity contribution is 5.69. The van der Waals surface area contributed by atoms with E-state index < -0.39 is 11.9 Å². The van der Waals surface area contributed by atoms with Crippen LogP contribution in [0, 0.1) is 0 Å². The van der Waals surface area contributed by atoms with Crippen molar-refractivity contribution in [3.05, 3.63) is 0 Å². The van der Waals surface area contributed by atoms with E-state index in [9.17, 15) is 9.59 Å². The third kappa shape index (κ3) is 9.35. The molecule has 0 amide bonds. The summed E-state index contributed by atoms with van der Waals surface area (Å²) in [4.78, 5) is 25.2. The van der Waals surface area contributed by atoms with E-state index in [-0.39, 0.29) is 13.1 Å². The van der Waals surface area contributed by atoms with Gasteiger partial charge in [-0.2, -0.15) is 0 Å². The van der Waals surface area contributed by atoms with Crippen LogP contribution in [0.25, 0.3) is 0 Å². The van der Waals surface area contributed by atoms with Gasteiger partial charge in [0.1, 0.15) is 0 Å². The first-order chi connectivity index (χ1) is 10.1. The van der Waals surface area contributed by atoms with Gasteiger partial charge in [0.15, 0.2) is 0 Å². The first kappa shape index (κ1) is 17.8. The molecule has 1 aliphatic heterocycles. The molecule has 1 fully saturated rings. The molecule has 0 unspecified atom stereocenters.